The number of rotatable bonds is 16. The number of esters is 1. The average molecular weight is 384 g/mol. The van der Waals surface area contributed by atoms with Gasteiger partial charge in [0.2, 0.25) is 0 Å². The number of ether oxygens (including phenoxy) is 2. The lowest BCUT2D eigenvalue weighted by Crippen LogP contribution is -2.48. The van der Waals surface area contributed by atoms with E-state index in [1.54, 1.807) is 0 Å². The first-order chi connectivity index (χ1) is 12.9. The first kappa shape index (κ1) is 24.4. The van der Waals surface area contributed by atoms with E-state index in [9.17, 15) is 4.79 Å². The van der Waals surface area contributed by atoms with Crippen LogP contribution in [0.2, 0.25) is 0 Å². The van der Waals surface area contributed by atoms with Gasteiger partial charge >= 0.3 is 5.97 Å². The standard InChI is InChI=1S/C23H45NO3/c1-5-6-7-8-12-15-18-23(24-22(2,3)20-27-23)19-16-13-10-9-11-14-17-21(25)26-4/h24H,5-20H2,1-4H3. The molecule has 1 N–H and O–H groups in total. The smallest absolute Gasteiger partial charge is 0.305 e. The van der Waals surface area contributed by atoms with Gasteiger partial charge in [-0.2, -0.15) is 0 Å². The van der Waals surface area contributed by atoms with E-state index in [4.69, 9.17) is 4.74 Å². The predicted octanol–water partition coefficient (Wildman–Crippen LogP) is 6.13. The number of nitrogens with one attached hydrogen (secondary N) is 1. The van der Waals surface area contributed by atoms with E-state index in [1.807, 2.05) is 0 Å². The largest absolute Gasteiger partial charge is 0.469 e. The molecule has 1 atom stereocenters. The molecule has 0 aromatic carbocycles. The minimum absolute atomic E-state index is 0.0845. The molecule has 160 valence electrons. The molecule has 1 aliphatic heterocycles. The zero-order chi connectivity index (χ0) is 20.0. The van der Waals surface area contributed by atoms with Gasteiger partial charge in [-0.3, -0.25) is 10.1 Å². The van der Waals surface area contributed by atoms with Gasteiger partial charge in [-0.25, -0.2) is 0 Å². The molecule has 1 unspecified atom stereocenters. The molecule has 1 rings (SSSR count). The van der Waals surface area contributed by atoms with Crippen LogP contribution < -0.4 is 5.32 Å². The summed E-state index contributed by atoms with van der Waals surface area (Å²) >= 11 is 0. The first-order valence-corrected chi connectivity index (χ1v) is 11.4. The molecule has 0 saturated carbocycles. The lowest BCUT2D eigenvalue weighted by Gasteiger charge is -2.31. The Hall–Kier alpha value is -0.610. The topological polar surface area (TPSA) is 47.6 Å². The van der Waals surface area contributed by atoms with Crippen LogP contribution in [0, 0.1) is 0 Å². The summed E-state index contributed by atoms with van der Waals surface area (Å²) in [5.41, 5.74) is -0.00473. The molecule has 0 bridgehead atoms. The number of unbranched alkanes of at least 4 members (excludes halogenated alkanes) is 10. The van der Waals surface area contributed by atoms with Crippen molar-refractivity contribution in [2.24, 2.45) is 0 Å². The van der Waals surface area contributed by atoms with Crippen LogP contribution >= 0.6 is 0 Å². The highest BCUT2D eigenvalue weighted by Crippen LogP contribution is 2.33. The Labute approximate surface area is 168 Å². The summed E-state index contributed by atoms with van der Waals surface area (Å²) in [7, 11) is 1.46. The van der Waals surface area contributed by atoms with Gasteiger partial charge in [-0.1, -0.05) is 64.7 Å². The Balaban J connectivity index is 2.19. The van der Waals surface area contributed by atoms with Gasteiger partial charge in [0.25, 0.3) is 0 Å². The molecule has 0 aliphatic carbocycles. The summed E-state index contributed by atoms with van der Waals surface area (Å²) in [4.78, 5) is 11.1. The van der Waals surface area contributed by atoms with E-state index in [-0.39, 0.29) is 17.2 Å². The highest BCUT2D eigenvalue weighted by molar-refractivity contribution is 5.68. The summed E-state index contributed by atoms with van der Waals surface area (Å²) in [5, 5.41) is 3.80. The van der Waals surface area contributed by atoms with Crippen LogP contribution in [0.5, 0.6) is 0 Å². The third-order valence-corrected chi connectivity index (χ3v) is 5.65. The highest BCUT2D eigenvalue weighted by atomic mass is 16.5. The Kier molecular flexibility index (Phi) is 12.3. The van der Waals surface area contributed by atoms with Crippen LogP contribution in [0.15, 0.2) is 0 Å². The van der Waals surface area contributed by atoms with Crippen molar-refractivity contribution in [2.45, 2.75) is 128 Å². The Morgan fingerprint density at radius 2 is 1.41 bits per heavy atom. The van der Waals surface area contributed by atoms with E-state index in [0.29, 0.717) is 6.42 Å². The second-order valence-corrected chi connectivity index (χ2v) is 9.01. The molecule has 0 aromatic rings. The molecular weight excluding hydrogens is 338 g/mol. The number of methoxy groups -OCH3 is 1. The fourth-order valence-corrected chi connectivity index (χ4v) is 4.08. The second kappa shape index (κ2) is 13.5. The van der Waals surface area contributed by atoms with Crippen LogP contribution in [0.3, 0.4) is 0 Å². The molecule has 0 aromatic heterocycles. The van der Waals surface area contributed by atoms with Crippen molar-refractivity contribution >= 4 is 5.97 Å². The summed E-state index contributed by atoms with van der Waals surface area (Å²) in [6, 6.07) is 0. The van der Waals surface area contributed by atoms with E-state index in [1.165, 1.54) is 71.3 Å². The van der Waals surface area contributed by atoms with Crippen molar-refractivity contribution in [3.05, 3.63) is 0 Å². The van der Waals surface area contributed by atoms with Crippen LogP contribution in [0.1, 0.15) is 117 Å². The summed E-state index contributed by atoms with van der Waals surface area (Å²) in [6.45, 7) is 7.58. The van der Waals surface area contributed by atoms with Gasteiger partial charge in [0.15, 0.2) is 0 Å². The van der Waals surface area contributed by atoms with E-state index < -0.39 is 0 Å². The van der Waals surface area contributed by atoms with Crippen molar-refractivity contribution in [3.8, 4) is 0 Å². The third kappa shape index (κ3) is 11.1. The van der Waals surface area contributed by atoms with Crippen molar-refractivity contribution in [1.82, 2.24) is 5.32 Å². The third-order valence-electron chi connectivity index (χ3n) is 5.65. The Morgan fingerprint density at radius 1 is 0.889 bits per heavy atom. The molecule has 4 nitrogen and oxygen atoms in total. The Bertz CT molecular complexity index is 397. The molecule has 27 heavy (non-hydrogen) atoms. The van der Waals surface area contributed by atoms with Crippen molar-refractivity contribution < 1.29 is 14.3 Å². The fraction of sp³-hybridized carbons (Fsp3) is 0.957. The number of carbonyl (C=O) groups is 1. The minimum atomic E-state index is -0.0981. The highest BCUT2D eigenvalue weighted by Gasteiger charge is 2.42. The monoisotopic (exact) mass is 383 g/mol. The molecule has 1 aliphatic rings. The molecular formula is C23H45NO3. The summed E-state index contributed by atoms with van der Waals surface area (Å²) in [6.07, 6.45) is 17.8. The van der Waals surface area contributed by atoms with Gasteiger partial charge in [0, 0.05) is 12.0 Å². The summed E-state index contributed by atoms with van der Waals surface area (Å²) < 4.78 is 11.0. The second-order valence-electron chi connectivity index (χ2n) is 9.01. The molecule has 0 amide bonds. The van der Waals surface area contributed by atoms with Crippen LogP contribution in [0.4, 0.5) is 0 Å². The lowest BCUT2D eigenvalue weighted by molar-refractivity contribution is -0.140. The SMILES string of the molecule is CCCCCCCCC1(CCCCCCCCC(=O)OC)NC(C)(C)CO1. The van der Waals surface area contributed by atoms with Gasteiger partial charge in [-0.05, 0) is 46.0 Å². The van der Waals surface area contributed by atoms with E-state index >= 15 is 0 Å². The fourth-order valence-electron chi connectivity index (χ4n) is 4.08. The Morgan fingerprint density at radius 3 is 1.89 bits per heavy atom. The quantitative estimate of drug-likeness (QED) is 0.257. The summed E-state index contributed by atoms with van der Waals surface area (Å²) in [5.74, 6) is -0.0845. The molecule has 0 spiro atoms. The molecule has 1 fully saturated rings. The number of hydrogen-bond donors (Lipinski definition) is 1. The van der Waals surface area contributed by atoms with Gasteiger partial charge in [-0.15, -0.1) is 0 Å². The molecule has 1 heterocycles. The van der Waals surface area contributed by atoms with E-state index in [2.05, 4.69) is 30.8 Å². The number of carbonyl (C=O) groups excluding carboxylic acids is 1. The zero-order valence-electron chi connectivity index (χ0n) is 18.5. The van der Waals surface area contributed by atoms with Gasteiger partial charge in [0.1, 0.15) is 5.72 Å². The molecule has 4 heteroatoms. The van der Waals surface area contributed by atoms with Gasteiger partial charge < -0.3 is 9.47 Å². The maximum absolute atomic E-state index is 11.1. The van der Waals surface area contributed by atoms with Crippen molar-refractivity contribution in [1.29, 1.82) is 0 Å². The van der Waals surface area contributed by atoms with Crippen LogP contribution in [-0.2, 0) is 14.3 Å². The molecule has 1 saturated heterocycles. The van der Waals surface area contributed by atoms with Crippen molar-refractivity contribution in [3.63, 3.8) is 0 Å². The van der Waals surface area contributed by atoms with E-state index in [0.717, 1.165) is 32.3 Å². The van der Waals surface area contributed by atoms with Crippen LogP contribution in [-0.4, -0.2) is 30.9 Å². The van der Waals surface area contributed by atoms with Gasteiger partial charge in [0.05, 0.1) is 13.7 Å². The maximum Gasteiger partial charge on any atom is 0.305 e. The van der Waals surface area contributed by atoms with Crippen LogP contribution in [0.25, 0.3) is 0 Å². The average Bonchev–Trinajstić information content (AvgIpc) is 2.95. The predicted molar refractivity (Wildman–Crippen MR) is 113 cm³/mol. The normalized spacial score (nSPS) is 21.5. The molecule has 0 radical (unpaired) electrons. The zero-order valence-corrected chi connectivity index (χ0v) is 18.5. The minimum Gasteiger partial charge on any atom is -0.469 e. The maximum atomic E-state index is 11.1. The first-order valence-electron chi connectivity index (χ1n) is 11.4. The number of hydrogen-bond acceptors (Lipinski definition) is 4. The van der Waals surface area contributed by atoms with Crippen molar-refractivity contribution in [2.75, 3.05) is 13.7 Å². The lowest BCUT2D eigenvalue weighted by atomic mass is 9.95.